The average Bonchev–Trinajstić information content (AvgIpc) is 2.88. The molecule has 2 rings (SSSR count). The van der Waals surface area contributed by atoms with E-state index < -0.39 is 0 Å². The lowest BCUT2D eigenvalue weighted by molar-refractivity contribution is 0.342. The van der Waals surface area contributed by atoms with E-state index in [4.69, 9.17) is 4.52 Å². The summed E-state index contributed by atoms with van der Waals surface area (Å²) in [6, 6.07) is 0.656. The predicted molar refractivity (Wildman–Crippen MR) is 56.5 cm³/mol. The maximum atomic E-state index is 5.18. The highest BCUT2D eigenvalue weighted by Gasteiger charge is 2.18. The van der Waals surface area contributed by atoms with Crippen LogP contribution in [0, 0.1) is 0 Å². The molecule has 5 heteroatoms. The molecule has 0 spiro atoms. The molecule has 1 aliphatic rings. The van der Waals surface area contributed by atoms with Crippen molar-refractivity contribution in [1.29, 1.82) is 0 Å². The van der Waals surface area contributed by atoms with Crippen LogP contribution in [0.25, 0.3) is 0 Å². The third-order valence-electron chi connectivity index (χ3n) is 2.88. The molecule has 84 valence electrons. The van der Waals surface area contributed by atoms with E-state index in [1.54, 1.807) is 0 Å². The minimum atomic E-state index is 0.128. The summed E-state index contributed by atoms with van der Waals surface area (Å²) < 4.78 is 5.18. The first-order valence-electron chi connectivity index (χ1n) is 5.52. The average molecular weight is 210 g/mol. The summed E-state index contributed by atoms with van der Waals surface area (Å²) >= 11 is 0. The molecule has 0 saturated carbocycles. The molecule has 2 N–H and O–H groups in total. The summed E-state index contributed by atoms with van der Waals surface area (Å²) in [6.45, 7) is 3.12. The fraction of sp³-hybridized carbons (Fsp3) is 0.800. The van der Waals surface area contributed by atoms with E-state index in [1.807, 2.05) is 14.0 Å². The number of aromatic nitrogens is 2. The van der Waals surface area contributed by atoms with Gasteiger partial charge in [-0.25, -0.2) is 0 Å². The Morgan fingerprint density at radius 3 is 3.20 bits per heavy atom. The Morgan fingerprint density at radius 1 is 1.67 bits per heavy atom. The maximum absolute atomic E-state index is 5.18. The van der Waals surface area contributed by atoms with Gasteiger partial charge in [0.15, 0.2) is 5.82 Å². The topological polar surface area (TPSA) is 63.0 Å². The molecular formula is C10H18N4O. The summed E-state index contributed by atoms with van der Waals surface area (Å²) in [5, 5.41) is 10.5. The van der Waals surface area contributed by atoms with Gasteiger partial charge in [-0.15, -0.1) is 0 Å². The van der Waals surface area contributed by atoms with Gasteiger partial charge in [-0.2, -0.15) is 4.98 Å². The van der Waals surface area contributed by atoms with Crippen LogP contribution in [0.1, 0.15) is 37.5 Å². The van der Waals surface area contributed by atoms with E-state index in [0.717, 1.165) is 18.8 Å². The molecule has 2 atom stereocenters. The molecule has 1 saturated heterocycles. The highest BCUT2D eigenvalue weighted by atomic mass is 16.5. The lowest BCUT2D eigenvalue weighted by Crippen LogP contribution is -2.24. The zero-order valence-electron chi connectivity index (χ0n) is 9.29. The fourth-order valence-electron chi connectivity index (χ4n) is 1.80. The van der Waals surface area contributed by atoms with Gasteiger partial charge in [0.25, 0.3) is 0 Å². The Balaban J connectivity index is 1.94. The zero-order chi connectivity index (χ0) is 10.7. The second-order valence-corrected chi connectivity index (χ2v) is 4.06. The molecule has 1 fully saturated rings. The lowest BCUT2D eigenvalue weighted by atomic mass is 10.1. The van der Waals surface area contributed by atoms with Crippen molar-refractivity contribution in [3.05, 3.63) is 11.7 Å². The van der Waals surface area contributed by atoms with Gasteiger partial charge in [0.05, 0.1) is 6.04 Å². The van der Waals surface area contributed by atoms with Gasteiger partial charge in [-0.05, 0) is 33.4 Å². The van der Waals surface area contributed by atoms with Crippen molar-refractivity contribution >= 4 is 0 Å². The highest BCUT2D eigenvalue weighted by Crippen LogP contribution is 2.12. The van der Waals surface area contributed by atoms with Crippen LogP contribution in [-0.4, -0.2) is 29.8 Å². The van der Waals surface area contributed by atoms with Gasteiger partial charge in [0.1, 0.15) is 0 Å². The second kappa shape index (κ2) is 4.72. The molecule has 2 unspecified atom stereocenters. The molecule has 15 heavy (non-hydrogen) atoms. The van der Waals surface area contributed by atoms with Crippen LogP contribution in [0.3, 0.4) is 0 Å². The first kappa shape index (κ1) is 10.6. The number of nitrogens with one attached hydrogen (secondary N) is 2. The highest BCUT2D eigenvalue weighted by molar-refractivity contribution is 4.94. The number of hydrogen-bond donors (Lipinski definition) is 2. The first-order chi connectivity index (χ1) is 7.29. The van der Waals surface area contributed by atoms with Crippen molar-refractivity contribution < 1.29 is 4.52 Å². The van der Waals surface area contributed by atoms with Gasteiger partial charge >= 0.3 is 0 Å². The molecule has 0 bridgehead atoms. The van der Waals surface area contributed by atoms with Crippen LogP contribution in [0.2, 0.25) is 0 Å². The Morgan fingerprint density at radius 2 is 2.53 bits per heavy atom. The van der Waals surface area contributed by atoms with Gasteiger partial charge < -0.3 is 15.2 Å². The normalized spacial score (nSPS) is 23.2. The van der Waals surface area contributed by atoms with Crippen molar-refractivity contribution in [1.82, 2.24) is 20.8 Å². The maximum Gasteiger partial charge on any atom is 0.243 e. The summed E-state index contributed by atoms with van der Waals surface area (Å²) in [6.07, 6.45) is 3.34. The zero-order valence-corrected chi connectivity index (χ0v) is 9.29. The smallest absolute Gasteiger partial charge is 0.243 e. The summed E-state index contributed by atoms with van der Waals surface area (Å²) in [5.74, 6) is 1.48. The predicted octanol–water partition coefficient (Wildman–Crippen LogP) is 0.644. The molecule has 1 aromatic rings. The summed E-state index contributed by atoms with van der Waals surface area (Å²) in [4.78, 5) is 4.36. The monoisotopic (exact) mass is 210 g/mol. The lowest BCUT2D eigenvalue weighted by Gasteiger charge is -2.05. The molecule has 0 aromatic carbocycles. The van der Waals surface area contributed by atoms with Crippen LogP contribution >= 0.6 is 0 Å². The van der Waals surface area contributed by atoms with Crippen LogP contribution < -0.4 is 10.6 Å². The third-order valence-corrected chi connectivity index (χ3v) is 2.88. The quantitative estimate of drug-likeness (QED) is 0.763. The molecule has 0 aliphatic carbocycles. The first-order valence-corrected chi connectivity index (χ1v) is 5.52. The molecule has 1 aromatic heterocycles. The van der Waals surface area contributed by atoms with Crippen LogP contribution in [0.4, 0.5) is 0 Å². The summed E-state index contributed by atoms with van der Waals surface area (Å²) in [7, 11) is 1.88. The van der Waals surface area contributed by atoms with E-state index >= 15 is 0 Å². The van der Waals surface area contributed by atoms with E-state index in [9.17, 15) is 0 Å². The van der Waals surface area contributed by atoms with Crippen molar-refractivity contribution in [3.63, 3.8) is 0 Å². The molecular weight excluding hydrogens is 192 g/mol. The van der Waals surface area contributed by atoms with Crippen molar-refractivity contribution in [2.24, 2.45) is 0 Å². The van der Waals surface area contributed by atoms with E-state index in [1.165, 1.54) is 12.8 Å². The van der Waals surface area contributed by atoms with Crippen molar-refractivity contribution in [2.75, 3.05) is 13.6 Å². The molecule has 2 heterocycles. The Kier molecular flexibility index (Phi) is 3.33. The number of nitrogens with zero attached hydrogens (tertiary/aromatic N) is 2. The van der Waals surface area contributed by atoms with E-state index in [0.29, 0.717) is 11.9 Å². The van der Waals surface area contributed by atoms with Crippen LogP contribution in [0.15, 0.2) is 4.52 Å². The third kappa shape index (κ3) is 2.54. The summed E-state index contributed by atoms with van der Waals surface area (Å²) in [5.41, 5.74) is 0. The van der Waals surface area contributed by atoms with Crippen molar-refractivity contribution in [2.45, 2.75) is 38.3 Å². The van der Waals surface area contributed by atoms with E-state index in [-0.39, 0.29) is 6.04 Å². The number of rotatable bonds is 4. The Labute approximate surface area is 89.6 Å². The van der Waals surface area contributed by atoms with Gasteiger partial charge in [-0.3, -0.25) is 0 Å². The Bertz CT molecular complexity index is 306. The minimum Gasteiger partial charge on any atom is -0.338 e. The molecule has 0 radical (unpaired) electrons. The molecule has 0 amide bonds. The Hall–Kier alpha value is -0.940. The fourth-order valence-corrected chi connectivity index (χ4v) is 1.80. The minimum absolute atomic E-state index is 0.128. The molecule has 5 nitrogen and oxygen atoms in total. The standard InChI is InChI=1S/C10H18N4O/c1-7(11-2)10-13-9(14-15-10)6-8-4-3-5-12-8/h7-8,11-12H,3-6H2,1-2H3. The van der Waals surface area contributed by atoms with Gasteiger partial charge in [-0.1, -0.05) is 5.16 Å². The van der Waals surface area contributed by atoms with E-state index in [2.05, 4.69) is 20.8 Å². The number of hydrogen-bond acceptors (Lipinski definition) is 5. The molecule has 1 aliphatic heterocycles. The van der Waals surface area contributed by atoms with Crippen molar-refractivity contribution in [3.8, 4) is 0 Å². The SMILES string of the molecule is CNC(C)c1nc(CC2CCCN2)no1. The van der Waals surface area contributed by atoms with Gasteiger partial charge in [0.2, 0.25) is 5.89 Å². The van der Waals surface area contributed by atoms with Crippen LogP contribution in [0.5, 0.6) is 0 Å². The second-order valence-electron chi connectivity index (χ2n) is 4.06. The van der Waals surface area contributed by atoms with Crippen LogP contribution in [-0.2, 0) is 6.42 Å². The largest absolute Gasteiger partial charge is 0.338 e. The van der Waals surface area contributed by atoms with Gasteiger partial charge in [0, 0.05) is 12.5 Å².